The Bertz CT molecular complexity index is 1120. The molecule has 2 heterocycles. The lowest BCUT2D eigenvalue weighted by molar-refractivity contribution is 0.0601. The number of rotatable bonds is 8. The molecule has 1 amide bonds. The maximum atomic E-state index is 13.3. The predicted molar refractivity (Wildman–Crippen MR) is 119 cm³/mol. The van der Waals surface area contributed by atoms with Gasteiger partial charge in [0.2, 0.25) is 0 Å². The molecule has 1 unspecified atom stereocenters. The van der Waals surface area contributed by atoms with E-state index < -0.39 is 6.04 Å². The van der Waals surface area contributed by atoms with Crippen molar-refractivity contribution in [3.63, 3.8) is 0 Å². The first kappa shape index (κ1) is 21.7. The molecule has 1 atom stereocenters. The first-order chi connectivity index (χ1) is 15.4. The minimum Gasteiger partial charge on any atom is -0.507 e. The molecule has 0 saturated heterocycles. The van der Waals surface area contributed by atoms with E-state index >= 15 is 0 Å². The van der Waals surface area contributed by atoms with Crippen LogP contribution in [0.15, 0.2) is 42.5 Å². The Morgan fingerprint density at radius 3 is 2.66 bits per heavy atom. The molecule has 1 aliphatic heterocycles. The Balaban J connectivity index is 1.78. The van der Waals surface area contributed by atoms with Crippen LogP contribution in [0.1, 0.15) is 47.9 Å². The average Bonchev–Trinajstić information content (AvgIpc) is 3.31. The van der Waals surface area contributed by atoms with Gasteiger partial charge in [-0.2, -0.15) is 5.10 Å². The van der Waals surface area contributed by atoms with Crippen molar-refractivity contribution < 1.29 is 24.5 Å². The Labute approximate surface area is 186 Å². The third-order valence-corrected chi connectivity index (χ3v) is 5.54. The molecule has 3 aromatic rings. The summed E-state index contributed by atoms with van der Waals surface area (Å²) < 4.78 is 11.0. The molecule has 0 fully saturated rings. The fourth-order valence-corrected chi connectivity index (χ4v) is 4.07. The van der Waals surface area contributed by atoms with Crippen LogP contribution in [0.2, 0.25) is 0 Å². The van der Waals surface area contributed by atoms with Crippen LogP contribution in [0.3, 0.4) is 0 Å². The van der Waals surface area contributed by atoms with Crippen LogP contribution in [0, 0.1) is 0 Å². The van der Waals surface area contributed by atoms with Crippen molar-refractivity contribution in [2.75, 3.05) is 20.3 Å². The molecule has 0 saturated carbocycles. The molecule has 8 heteroatoms. The second kappa shape index (κ2) is 8.92. The van der Waals surface area contributed by atoms with E-state index in [4.69, 9.17) is 9.47 Å². The van der Waals surface area contributed by atoms with Gasteiger partial charge in [0.05, 0.1) is 19.3 Å². The first-order valence-electron chi connectivity index (χ1n) is 10.6. The van der Waals surface area contributed by atoms with Gasteiger partial charge >= 0.3 is 0 Å². The van der Waals surface area contributed by atoms with Crippen LogP contribution in [-0.2, 0) is 4.74 Å². The highest BCUT2D eigenvalue weighted by Crippen LogP contribution is 2.45. The van der Waals surface area contributed by atoms with Gasteiger partial charge in [0.1, 0.15) is 17.1 Å². The smallest absolute Gasteiger partial charge is 0.273 e. The minimum absolute atomic E-state index is 0.0193. The summed E-state index contributed by atoms with van der Waals surface area (Å²) in [5.41, 5.74) is 2.91. The highest BCUT2D eigenvalue weighted by molar-refractivity contribution is 6.00. The quantitative estimate of drug-likeness (QED) is 0.462. The lowest BCUT2D eigenvalue weighted by Crippen LogP contribution is -2.31. The molecule has 4 rings (SSSR count). The average molecular weight is 437 g/mol. The summed E-state index contributed by atoms with van der Waals surface area (Å²) >= 11 is 0. The van der Waals surface area contributed by atoms with Gasteiger partial charge in [-0.05, 0) is 50.1 Å². The number of phenols is 2. The molecule has 8 nitrogen and oxygen atoms in total. The number of aromatic amines is 1. The van der Waals surface area contributed by atoms with E-state index in [1.54, 1.807) is 41.3 Å². The SMILES string of the molecule is COc1cc(C2c3c(-c4ccccc4O)n[nH]c3C(=O)N2CCCOC(C)C)ccc1O. The molecule has 1 aliphatic rings. The lowest BCUT2D eigenvalue weighted by Gasteiger charge is -2.27. The Morgan fingerprint density at radius 1 is 1.16 bits per heavy atom. The minimum atomic E-state index is -0.459. The number of phenolic OH excluding ortho intramolecular Hbond substituents is 2. The van der Waals surface area contributed by atoms with Gasteiger partial charge < -0.3 is 24.6 Å². The monoisotopic (exact) mass is 437 g/mol. The van der Waals surface area contributed by atoms with Crippen molar-refractivity contribution in [3.05, 3.63) is 59.3 Å². The number of hydrogen-bond donors (Lipinski definition) is 3. The molecular weight excluding hydrogens is 410 g/mol. The number of carbonyl (C=O) groups is 1. The van der Waals surface area contributed by atoms with Crippen molar-refractivity contribution in [3.8, 4) is 28.5 Å². The molecule has 0 radical (unpaired) electrons. The summed E-state index contributed by atoms with van der Waals surface area (Å²) in [7, 11) is 1.48. The zero-order chi connectivity index (χ0) is 22.8. The predicted octanol–water partition coefficient (Wildman–Crippen LogP) is 3.86. The summed E-state index contributed by atoms with van der Waals surface area (Å²) in [6.45, 7) is 4.96. The highest BCUT2D eigenvalue weighted by Gasteiger charge is 2.42. The van der Waals surface area contributed by atoms with Crippen molar-refractivity contribution >= 4 is 5.91 Å². The number of nitrogens with zero attached hydrogens (tertiary/aromatic N) is 2. The highest BCUT2D eigenvalue weighted by atomic mass is 16.5. The van der Waals surface area contributed by atoms with Gasteiger partial charge in [-0.3, -0.25) is 9.89 Å². The number of methoxy groups -OCH3 is 1. The summed E-state index contributed by atoms with van der Waals surface area (Å²) in [6, 6.07) is 11.5. The maximum Gasteiger partial charge on any atom is 0.273 e. The molecule has 32 heavy (non-hydrogen) atoms. The van der Waals surface area contributed by atoms with E-state index in [9.17, 15) is 15.0 Å². The normalized spacial score (nSPS) is 15.4. The summed E-state index contributed by atoms with van der Waals surface area (Å²) in [6.07, 6.45) is 0.783. The number of fused-ring (bicyclic) bond motifs is 1. The number of nitrogens with one attached hydrogen (secondary N) is 1. The van der Waals surface area contributed by atoms with Crippen LogP contribution in [0.4, 0.5) is 0 Å². The Kier molecular flexibility index (Phi) is 6.05. The maximum absolute atomic E-state index is 13.3. The Morgan fingerprint density at radius 2 is 1.94 bits per heavy atom. The zero-order valence-corrected chi connectivity index (χ0v) is 18.3. The number of aromatic hydroxyl groups is 2. The van der Waals surface area contributed by atoms with Gasteiger partial charge in [-0.1, -0.05) is 18.2 Å². The summed E-state index contributed by atoms with van der Waals surface area (Å²) in [5.74, 6) is 0.251. The second-order valence-electron chi connectivity index (χ2n) is 7.98. The van der Waals surface area contributed by atoms with Gasteiger partial charge in [-0.25, -0.2) is 0 Å². The third kappa shape index (κ3) is 3.89. The number of para-hydroxylation sites is 1. The van der Waals surface area contributed by atoms with Crippen LogP contribution in [0.5, 0.6) is 17.2 Å². The topological polar surface area (TPSA) is 108 Å². The van der Waals surface area contributed by atoms with Gasteiger partial charge in [0, 0.05) is 24.3 Å². The van der Waals surface area contributed by atoms with E-state index in [-0.39, 0.29) is 23.5 Å². The Hall–Kier alpha value is -3.52. The van der Waals surface area contributed by atoms with Crippen molar-refractivity contribution in [1.29, 1.82) is 0 Å². The van der Waals surface area contributed by atoms with Gasteiger partial charge in [-0.15, -0.1) is 0 Å². The standard InChI is InChI=1S/C24H27N3O5/c1-14(2)32-12-6-11-27-23(15-9-10-18(29)19(13-15)31-3)20-21(25-26-22(20)24(27)30)16-7-4-5-8-17(16)28/h4-5,7-10,13-14,23,28-29H,6,11-12H2,1-3H3,(H,25,26). The molecule has 0 spiro atoms. The van der Waals surface area contributed by atoms with Crippen LogP contribution in [-0.4, -0.2) is 57.6 Å². The summed E-state index contributed by atoms with van der Waals surface area (Å²) in [5, 5.41) is 27.7. The van der Waals surface area contributed by atoms with E-state index in [1.807, 2.05) is 19.9 Å². The van der Waals surface area contributed by atoms with Crippen LogP contribution < -0.4 is 4.74 Å². The largest absolute Gasteiger partial charge is 0.507 e. The van der Waals surface area contributed by atoms with Crippen molar-refractivity contribution in [2.45, 2.75) is 32.4 Å². The molecule has 168 valence electrons. The fraction of sp³-hybridized carbons (Fsp3) is 0.333. The molecule has 3 N–H and O–H groups in total. The molecule has 0 aliphatic carbocycles. The van der Waals surface area contributed by atoms with E-state index in [1.165, 1.54) is 7.11 Å². The second-order valence-corrected chi connectivity index (χ2v) is 7.98. The third-order valence-electron chi connectivity index (χ3n) is 5.54. The number of hydrogen-bond acceptors (Lipinski definition) is 6. The molecule has 2 aromatic carbocycles. The molecule has 0 bridgehead atoms. The number of aromatic nitrogens is 2. The number of benzene rings is 2. The molecular formula is C24H27N3O5. The fourth-order valence-electron chi connectivity index (χ4n) is 4.07. The van der Waals surface area contributed by atoms with Crippen molar-refractivity contribution in [2.24, 2.45) is 0 Å². The molecule has 1 aromatic heterocycles. The van der Waals surface area contributed by atoms with E-state index in [0.717, 1.165) is 5.56 Å². The van der Waals surface area contributed by atoms with E-state index in [2.05, 4.69) is 10.2 Å². The zero-order valence-electron chi connectivity index (χ0n) is 18.3. The number of carbonyl (C=O) groups excluding carboxylic acids is 1. The number of amides is 1. The summed E-state index contributed by atoms with van der Waals surface area (Å²) in [4.78, 5) is 15.1. The van der Waals surface area contributed by atoms with Gasteiger partial charge in [0.15, 0.2) is 11.5 Å². The van der Waals surface area contributed by atoms with Crippen LogP contribution in [0.25, 0.3) is 11.3 Å². The van der Waals surface area contributed by atoms with Gasteiger partial charge in [0.25, 0.3) is 5.91 Å². The van der Waals surface area contributed by atoms with E-state index in [0.29, 0.717) is 47.8 Å². The lowest BCUT2D eigenvalue weighted by atomic mass is 9.95. The van der Waals surface area contributed by atoms with Crippen molar-refractivity contribution in [1.82, 2.24) is 15.1 Å². The number of H-pyrrole nitrogens is 1. The first-order valence-corrected chi connectivity index (χ1v) is 10.6. The number of ether oxygens (including phenoxy) is 2. The van der Waals surface area contributed by atoms with Crippen LogP contribution >= 0.6 is 0 Å².